The van der Waals surface area contributed by atoms with Crippen LogP contribution in [0.25, 0.3) is 6.08 Å². The standard InChI is InChI=1S/C23H30O6/c1-6-18-23(5,26)22(4)19(24)17(28-21(22)29-18)12-10-8-7-9-11-16-14(2)13-15(3)20(25)27-16/h7-13,17-19,21,24,26H,6H2,1-5H3/b8-7+,11-9+,12-10+. The van der Waals surface area contributed by atoms with E-state index in [1.807, 2.05) is 20.8 Å². The second kappa shape index (κ2) is 8.03. The summed E-state index contributed by atoms with van der Waals surface area (Å²) >= 11 is 0. The summed E-state index contributed by atoms with van der Waals surface area (Å²) in [5.41, 5.74) is -0.939. The van der Waals surface area contributed by atoms with E-state index in [0.717, 1.165) is 5.56 Å². The Morgan fingerprint density at radius 1 is 1.10 bits per heavy atom. The van der Waals surface area contributed by atoms with E-state index in [1.54, 1.807) is 56.4 Å². The molecule has 6 nitrogen and oxygen atoms in total. The molecule has 0 saturated carbocycles. The van der Waals surface area contributed by atoms with Crippen LogP contribution in [0.2, 0.25) is 0 Å². The summed E-state index contributed by atoms with van der Waals surface area (Å²) in [5.74, 6) is 0.523. The van der Waals surface area contributed by atoms with E-state index in [2.05, 4.69) is 0 Å². The second-order valence-electron chi connectivity index (χ2n) is 8.23. The zero-order valence-electron chi connectivity index (χ0n) is 17.6. The van der Waals surface area contributed by atoms with Crippen LogP contribution < -0.4 is 5.63 Å². The van der Waals surface area contributed by atoms with Gasteiger partial charge in [0.1, 0.15) is 17.5 Å². The Bertz CT molecular complexity index is 893. The first-order chi connectivity index (χ1) is 13.6. The van der Waals surface area contributed by atoms with Gasteiger partial charge in [-0.2, -0.15) is 0 Å². The van der Waals surface area contributed by atoms with Crippen molar-refractivity contribution in [2.75, 3.05) is 0 Å². The average Bonchev–Trinajstić information content (AvgIpc) is 3.02. The van der Waals surface area contributed by atoms with Crippen molar-refractivity contribution >= 4 is 6.08 Å². The van der Waals surface area contributed by atoms with Gasteiger partial charge < -0.3 is 24.1 Å². The van der Waals surface area contributed by atoms with Crippen molar-refractivity contribution in [2.45, 2.75) is 71.2 Å². The van der Waals surface area contributed by atoms with Crippen LogP contribution in [0, 0.1) is 19.3 Å². The Morgan fingerprint density at radius 2 is 1.79 bits per heavy atom. The Labute approximate surface area is 171 Å². The number of allylic oxidation sites excluding steroid dienone is 4. The lowest BCUT2D eigenvalue weighted by Gasteiger charge is -2.38. The molecule has 2 fully saturated rings. The Balaban J connectivity index is 1.64. The molecule has 1 aromatic heterocycles. The minimum absolute atomic E-state index is 0.339. The molecule has 0 aliphatic carbocycles. The maximum atomic E-state index is 11.6. The van der Waals surface area contributed by atoms with Crippen molar-refractivity contribution in [1.82, 2.24) is 0 Å². The minimum atomic E-state index is -1.18. The summed E-state index contributed by atoms with van der Waals surface area (Å²) in [6.07, 6.45) is 8.77. The van der Waals surface area contributed by atoms with Crippen molar-refractivity contribution < 1.29 is 24.1 Å². The van der Waals surface area contributed by atoms with E-state index in [1.165, 1.54) is 0 Å². The predicted octanol–water partition coefficient (Wildman–Crippen LogP) is 3.03. The van der Waals surface area contributed by atoms with E-state index in [0.29, 0.717) is 17.7 Å². The van der Waals surface area contributed by atoms with Crippen molar-refractivity contribution in [3.05, 3.63) is 63.8 Å². The third-order valence-corrected chi connectivity index (χ3v) is 6.30. The number of aliphatic hydroxyl groups excluding tert-OH is 1. The molecule has 0 bridgehead atoms. The molecule has 6 heteroatoms. The zero-order chi connectivity index (χ0) is 21.4. The van der Waals surface area contributed by atoms with Crippen molar-refractivity contribution in [3.63, 3.8) is 0 Å². The lowest BCUT2D eigenvalue weighted by Crippen LogP contribution is -2.54. The molecule has 0 spiro atoms. The van der Waals surface area contributed by atoms with Gasteiger partial charge in [-0.1, -0.05) is 37.3 Å². The van der Waals surface area contributed by atoms with Gasteiger partial charge in [-0.15, -0.1) is 0 Å². The Hall–Kier alpha value is -1.99. The average molecular weight is 402 g/mol. The normalized spacial score (nSPS) is 37.3. The first-order valence-electron chi connectivity index (χ1n) is 9.97. The summed E-state index contributed by atoms with van der Waals surface area (Å²) in [6, 6.07) is 1.80. The van der Waals surface area contributed by atoms with Crippen LogP contribution in [0.15, 0.2) is 45.7 Å². The number of ether oxygens (including phenoxy) is 2. The smallest absolute Gasteiger partial charge is 0.339 e. The molecule has 0 amide bonds. The molecule has 3 heterocycles. The van der Waals surface area contributed by atoms with Crippen LogP contribution in [-0.4, -0.2) is 40.4 Å². The zero-order valence-corrected chi connectivity index (χ0v) is 17.6. The molecular formula is C23H30O6. The highest BCUT2D eigenvalue weighted by molar-refractivity contribution is 5.49. The molecule has 6 atom stereocenters. The van der Waals surface area contributed by atoms with Gasteiger partial charge in [0.15, 0.2) is 6.29 Å². The highest BCUT2D eigenvalue weighted by Crippen LogP contribution is 2.55. The van der Waals surface area contributed by atoms with Gasteiger partial charge >= 0.3 is 5.63 Å². The first-order valence-corrected chi connectivity index (χ1v) is 9.97. The molecule has 1 aromatic rings. The monoisotopic (exact) mass is 402 g/mol. The number of aryl methyl sites for hydroxylation is 2. The highest BCUT2D eigenvalue weighted by atomic mass is 16.7. The molecule has 6 unspecified atom stereocenters. The molecular weight excluding hydrogens is 372 g/mol. The number of fused-ring (bicyclic) bond motifs is 1. The van der Waals surface area contributed by atoms with Crippen LogP contribution in [0.1, 0.15) is 44.1 Å². The molecule has 29 heavy (non-hydrogen) atoms. The van der Waals surface area contributed by atoms with E-state index in [4.69, 9.17) is 13.9 Å². The quantitative estimate of drug-likeness (QED) is 0.736. The van der Waals surface area contributed by atoms with E-state index < -0.39 is 29.5 Å². The van der Waals surface area contributed by atoms with Gasteiger partial charge in [-0.3, -0.25) is 0 Å². The largest absolute Gasteiger partial charge is 0.423 e. The maximum absolute atomic E-state index is 11.6. The molecule has 2 aliphatic rings. The fourth-order valence-corrected chi connectivity index (χ4v) is 4.15. The predicted molar refractivity (Wildman–Crippen MR) is 110 cm³/mol. The van der Waals surface area contributed by atoms with E-state index in [-0.39, 0.29) is 11.7 Å². The molecule has 158 valence electrons. The molecule has 3 rings (SSSR count). The van der Waals surface area contributed by atoms with Crippen LogP contribution in [0.5, 0.6) is 0 Å². The summed E-state index contributed by atoms with van der Waals surface area (Å²) in [4.78, 5) is 11.6. The van der Waals surface area contributed by atoms with Crippen molar-refractivity contribution in [3.8, 4) is 0 Å². The number of hydrogen-bond acceptors (Lipinski definition) is 6. The lowest BCUT2D eigenvalue weighted by atomic mass is 9.69. The fourth-order valence-electron chi connectivity index (χ4n) is 4.15. The summed E-state index contributed by atoms with van der Waals surface area (Å²) in [7, 11) is 0. The summed E-state index contributed by atoms with van der Waals surface area (Å²) < 4.78 is 17.0. The molecule has 2 aliphatic heterocycles. The number of aliphatic hydroxyl groups is 2. The minimum Gasteiger partial charge on any atom is -0.423 e. The summed E-state index contributed by atoms with van der Waals surface area (Å²) in [5, 5.41) is 21.7. The third kappa shape index (κ3) is 3.66. The molecule has 0 radical (unpaired) electrons. The lowest BCUT2D eigenvalue weighted by molar-refractivity contribution is -0.144. The third-order valence-electron chi connectivity index (χ3n) is 6.30. The highest BCUT2D eigenvalue weighted by Gasteiger charge is 2.69. The summed E-state index contributed by atoms with van der Waals surface area (Å²) in [6.45, 7) is 9.06. The number of hydrogen-bond donors (Lipinski definition) is 2. The van der Waals surface area contributed by atoms with Crippen LogP contribution in [-0.2, 0) is 9.47 Å². The van der Waals surface area contributed by atoms with Crippen molar-refractivity contribution in [2.24, 2.45) is 5.41 Å². The second-order valence-corrected chi connectivity index (χ2v) is 8.23. The van der Waals surface area contributed by atoms with Crippen LogP contribution in [0.4, 0.5) is 0 Å². The Morgan fingerprint density at radius 3 is 2.45 bits per heavy atom. The topological polar surface area (TPSA) is 89.1 Å². The molecule has 2 saturated heterocycles. The fraction of sp³-hybridized carbons (Fsp3) is 0.522. The van der Waals surface area contributed by atoms with Crippen LogP contribution >= 0.6 is 0 Å². The van der Waals surface area contributed by atoms with E-state index in [9.17, 15) is 15.0 Å². The number of rotatable bonds is 5. The first kappa shape index (κ1) is 21.7. The van der Waals surface area contributed by atoms with Gasteiger partial charge in [0.2, 0.25) is 0 Å². The van der Waals surface area contributed by atoms with Crippen molar-refractivity contribution in [1.29, 1.82) is 0 Å². The Kier molecular flexibility index (Phi) is 6.01. The van der Waals surface area contributed by atoms with Gasteiger partial charge in [0.25, 0.3) is 0 Å². The molecule has 2 N–H and O–H groups in total. The van der Waals surface area contributed by atoms with Crippen LogP contribution in [0.3, 0.4) is 0 Å². The maximum Gasteiger partial charge on any atom is 0.339 e. The van der Waals surface area contributed by atoms with Gasteiger partial charge in [-0.25, -0.2) is 4.79 Å². The van der Waals surface area contributed by atoms with Gasteiger partial charge in [-0.05, 0) is 51.8 Å². The molecule has 0 aromatic carbocycles. The van der Waals surface area contributed by atoms with E-state index >= 15 is 0 Å². The van der Waals surface area contributed by atoms with Gasteiger partial charge in [0.05, 0.1) is 17.6 Å². The van der Waals surface area contributed by atoms with Gasteiger partial charge in [0, 0.05) is 5.56 Å². The SMILES string of the molecule is CCC1OC2OC(/C=C/C=C/C=C/c3oc(=O)c(C)cc3C)C(O)C2(C)C1(C)O.